The lowest BCUT2D eigenvalue weighted by molar-refractivity contribution is 0.0514. The molecule has 174 valence electrons. The van der Waals surface area contributed by atoms with Gasteiger partial charge in [-0.05, 0) is 88.1 Å². The van der Waals surface area contributed by atoms with E-state index in [0.29, 0.717) is 11.7 Å². The van der Waals surface area contributed by atoms with Crippen LogP contribution in [0.5, 0.6) is 23.0 Å². The highest BCUT2D eigenvalue weighted by Gasteiger charge is 2.34. The standard InChI is InChI=1S/C27H36O5/c1-16(2)8-7-12-27(6)13-11-21-19(5)25(17(3)18(4)26(21)32-27)31-15-24(30)22-10-9-20(28)14-23(22)29/h9-10,14,16,28-29H,7-8,11-13,15H2,1-6H3/t27-/m0/s1. The van der Waals surface area contributed by atoms with E-state index in [4.69, 9.17) is 9.47 Å². The minimum Gasteiger partial charge on any atom is -0.508 e. The van der Waals surface area contributed by atoms with E-state index < -0.39 is 0 Å². The first-order valence-electron chi connectivity index (χ1n) is 11.5. The summed E-state index contributed by atoms with van der Waals surface area (Å²) in [6.45, 7) is 12.6. The summed E-state index contributed by atoms with van der Waals surface area (Å²) in [7, 11) is 0. The maximum atomic E-state index is 12.6. The topological polar surface area (TPSA) is 76.0 Å². The van der Waals surface area contributed by atoms with Crippen LogP contribution in [0.2, 0.25) is 0 Å². The molecule has 2 aromatic carbocycles. The largest absolute Gasteiger partial charge is 0.508 e. The quantitative estimate of drug-likeness (QED) is 0.478. The zero-order chi connectivity index (χ0) is 23.6. The van der Waals surface area contributed by atoms with Gasteiger partial charge in [-0.2, -0.15) is 0 Å². The van der Waals surface area contributed by atoms with Crippen LogP contribution >= 0.6 is 0 Å². The van der Waals surface area contributed by atoms with Gasteiger partial charge in [0.05, 0.1) is 5.56 Å². The molecule has 3 rings (SSSR count). The first kappa shape index (κ1) is 24.0. The summed E-state index contributed by atoms with van der Waals surface area (Å²) in [5.74, 6) is 1.69. The second-order valence-corrected chi connectivity index (χ2v) is 9.76. The summed E-state index contributed by atoms with van der Waals surface area (Å²) in [5.41, 5.74) is 4.17. The van der Waals surface area contributed by atoms with Crippen LogP contribution in [0.4, 0.5) is 0 Å². The summed E-state index contributed by atoms with van der Waals surface area (Å²) >= 11 is 0. The molecule has 0 saturated carbocycles. The number of phenolic OH excluding ortho intramolecular Hbond substituents is 2. The Kier molecular flexibility index (Phi) is 7.06. The number of aromatic hydroxyl groups is 2. The van der Waals surface area contributed by atoms with E-state index in [0.717, 1.165) is 59.8 Å². The van der Waals surface area contributed by atoms with Gasteiger partial charge < -0.3 is 19.7 Å². The van der Waals surface area contributed by atoms with Gasteiger partial charge in [-0.25, -0.2) is 0 Å². The van der Waals surface area contributed by atoms with Gasteiger partial charge in [0.1, 0.15) is 28.6 Å². The van der Waals surface area contributed by atoms with Crippen molar-refractivity contribution in [2.24, 2.45) is 5.92 Å². The minimum absolute atomic E-state index is 0.0897. The number of hydrogen-bond acceptors (Lipinski definition) is 5. The molecule has 5 nitrogen and oxygen atoms in total. The van der Waals surface area contributed by atoms with Gasteiger partial charge in [0, 0.05) is 11.6 Å². The predicted octanol–water partition coefficient (Wildman–Crippen LogP) is 6.19. The minimum atomic E-state index is -0.342. The van der Waals surface area contributed by atoms with E-state index in [1.54, 1.807) is 0 Å². The number of carbonyl (C=O) groups excluding carboxylic acids is 1. The van der Waals surface area contributed by atoms with Gasteiger partial charge in [-0.1, -0.05) is 20.3 Å². The lowest BCUT2D eigenvalue weighted by Crippen LogP contribution is -2.37. The van der Waals surface area contributed by atoms with Crippen LogP contribution in [-0.2, 0) is 6.42 Å². The molecule has 0 radical (unpaired) electrons. The van der Waals surface area contributed by atoms with E-state index in [1.807, 2.05) is 20.8 Å². The smallest absolute Gasteiger partial charge is 0.203 e. The van der Waals surface area contributed by atoms with Crippen LogP contribution in [0, 0.1) is 26.7 Å². The highest BCUT2D eigenvalue weighted by atomic mass is 16.5. The Morgan fingerprint density at radius 1 is 1.16 bits per heavy atom. The van der Waals surface area contributed by atoms with E-state index in [-0.39, 0.29) is 35.1 Å². The fourth-order valence-corrected chi connectivity index (χ4v) is 4.53. The Morgan fingerprint density at radius 2 is 1.88 bits per heavy atom. The van der Waals surface area contributed by atoms with Crippen molar-refractivity contribution in [1.29, 1.82) is 0 Å². The molecule has 2 aromatic rings. The Balaban J connectivity index is 1.79. The number of ketones is 1. The predicted molar refractivity (Wildman–Crippen MR) is 126 cm³/mol. The zero-order valence-electron chi connectivity index (χ0n) is 20.2. The molecule has 5 heteroatoms. The van der Waals surface area contributed by atoms with Crippen LogP contribution in [0.25, 0.3) is 0 Å². The molecule has 1 aliphatic rings. The number of benzene rings is 2. The average molecular weight is 441 g/mol. The first-order chi connectivity index (χ1) is 15.0. The second-order valence-electron chi connectivity index (χ2n) is 9.76. The van der Waals surface area contributed by atoms with E-state index >= 15 is 0 Å². The maximum absolute atomic E-state index is 12.6. The number of hydrogen-bond donors (Lipinski definition) is 2. The molecule has 32 heavy (non-hydrogen) atoms. The molecule has 0 unspecified atom stereocenters. The monoisotopic (exact) mass is 440 g/mol. The molecule has 0 amide bonds. The SMILES string of the molecule is Cc1c(C)c2c(c(C)c1OCC(=O)c1ccc(O)cc1O)CC[C@](C)(CCCC(C)C)O2. The normalized spacial score (nSPS) is 17.7. The van der Waals surface area contributed by atoms with Crippen LogP contribution in [0.1, 0.15) is 79.1 Å². The number of Topliss-reactive ketones (excluding diaryl/α,β-unsaturated/α-hetero) is 1. The molecule has 1 atom stereocenters. The summed E-state index contributed by atoms with van der Waals surface area (Å²) in [4.78, 5) is 12.6. The second kappa shape index (κ2) is 9.43. The van der Waals surface area contributed by atoms with Crippen molar-refractivity contribution in [3.05, 3.63) is 46.0 Å². The summed E-state index contributed by atoms with van der Waals surface area (Å²) in [6, 6.07) is 3.94. The molecule has 0 aliphatic carbocycles. The Morgan fingerprint density at radius 3 is 2.53 bits per heavy atom. The first-order valence-corrected chi connectivity index (χ1v) is 11.5. The Hall–Kier alpha value is -2.69. The van der Waals surface area contributed by atoms with Gasteiger partial charge in [-0.15, -0.1) is 0 Å². The molecular weight excluding hydrogens is 404 g/mol. The molecule has 0 saturated heterocycles. The molecule has 1 heterocycles. The summed E-state index contributed by atoms with van der Waals surface area (Å²) in [6.07, 6.45) is 5.30. The summed E-state index contributed by atoms with van der Waals surface area (Å²) < 4.78 is 12.6. The fourth-order valence-electron chi connectivity index (χ4n) is 4.53. The van der Waals surface area contributed by atoms with Crippen molar-refractivity contribution in [3.8, 4) is 23.0 Å². The van der Waals surface area contributed by atoms with Crippen molar-refractivity contribution in [2.45, 2.75) is 79.2 Å². The van der Waals surface area contributed by atoms with Crippen molar-refractivity contribution in [3.63, 3.8) is 0 Å². The van der Waals surface area contributed by atoms with Gasteiger partial charge in [0.25, 0.3) is 0 Å². The fraction of sp³-hybridized carbons (Fsp3) is 0.519. The van der Waals surface area contributed by atoms with Crippen LogP contribution < -0.4 is 9.47 Å². The van der Waals surface area contributed by atoms with E-state index in [2.05, 4.69) is 20.8 Å². The molecule has 0 fully saturated rings. The molecule has 0 spiro atoms. The van der Waals surface area contributed by atoms with Crippen molar-refractivity contribution in [1.82, 2.24) is 0 Å². The number of rotatable bonds is 8. The van der Waals surface area contributed by atoms with Crippen LogP contribution in [-0.4, -0.2) is 28.2 Å². The third-order valence-corrected chi connectivity index (χ3v) is 6.68. The number of phenols is 2. The zero-order valence-corrected chi connectivity index (χ0v) is 20.2. The van der Waals surface area contributed by atoms with Gasteiger partial charge in [-0.3, -0.25) is 4.79 Å². The Bertz CT molecular complexity index is 1010. The highest BCUT2D eigenvalue weighted by molar-refractivity contribution is 5.99. The summed E-state index contributed by atoms with van der Waals surface area (Å²) in [5, 5.41) is 19.4. The highest BCUT2D eigenvalue weighted by Crippen LogP contribution is 2.45. The number of carbonyl (C=O) groups is 1. The molecule has 2 N–H and O–H groups in total. The lowest BCUT2D eigenvalue weighted by atomic mass is 9.84. The maximum Gasteiger partial charge on any atom is 0.203 e. The molecular formula is C27H36O5. The molecule has 0 aromatic heterocycles. The van der Waals surface area contributed by atoms with Crippen molar-refractivity contribution in [2.75, 3.05) is 6.61 Å². The third-order valence-electron chi connectivity index (χ3n) is 6.68. The van der Waals surface area contributed by atoms with Gasteiger partial charge in [0.2, 0.25) is 5.78 Å². The van der Waals surface area contributed by atoms with E-state index in [9.17, 15) is 15.0 Å². The molecule has 1 aliphatic heterocycles. The third kappa shape index (κ3) is 5.03. The van der Waals surface area contributed by atoms with E-state index in [1.165, 1.54) is 18.6 Å². The van der Waals surface area contributed by atoms with Gasteiger partial charge >= 0.3 is 0 Å². The number of fused-ring (bicyclic) bond motifs is 1. The van der Waals surface area contributed by atoms with Gasteiger partial charge in [0.15, 0.2) is 6.61 Å². The number of ether oxygens (including phenoxy) is 2. The van der Waals surface area contributed by atoms with Crippen LogP contribution in [0.15, 0.2) is 18.2 Å². The van der Waals surface area contributed by atoms with Crippen molar-refractivity contribution < 1.29 is 24.5 Å². The van der Waals surface area contributed by atoms with Crippen molar-refractivity contribution >= 4 is 5.78 Å². The lowest BCUT2D eigenvalue weighted by Gasteiger charge is -2.38. The Labute approximate surface area is 191 Å². The van der Waals surface area contributed by atoms with Crippen LogP contribution in [0.3, 0.4) is 0 Å². The average Bonchev–Trinajstić information content (AvgIpc) is 2.71. The molecule has 0 bridgehead atoms.